The molecule has 0 aromatic rings. The van der Waals surface area contributed by atoms with Crippen molar-refractivity contribution in [2.45, 2.75) is 26.9 Å². The summed E-state index contributed by atoms with van der Waals surface area (Å²) in [7, 11) is 0. The van der Waals surface area contributed by atoms with Gasteiger partial charge in [0.1, 0.15) is 0 Å². The molecular formula is C11H24O4. The monoisotopic (exact) mass is 220 g/mol. The topological polar surface area (TPSA) is 47.9 Å². The van der Waals surface area contributed by atoms with E-state index in [1.807, 2.05) is 0 Å². The van der Waals surface area contributed by atoms with Crippen molar-refractivity contribution in [1.82, 2.24) is 0 Å². The Morgan fingerprint density at radius 3 is 1.93 bits per heavy atom. The molecular weight excluding hydrogens is 196 g/mol. The van der Waals surface area contributed by atoms with Gasteiger partial charge in [0.05, 0.1) is 45.7 Å². The van der Waals surface area contributed by atoms with Crippen LogP contribution in [0.15, 0.2) is 0 Å². The molecule has 0 aliphatic heterocycles. The fourth-order valence-electron chi connectivity index (χ4n) is 0.872. The lowest BCUT2D eigenvalue weighted by molar-refractivity contribution is -0.0212. The standard InChI is InChI=1S/C11H24O4/c1-10(2)11(3)15-9-8-14-7-6-13-5-4-12/h10-12H,4-9H2,1-3H3. The summed E-state index contributed by atoms with van der Waals surface area (Å²) in [5.41, 5.74) is 0. The van der Waals surface area contributed by atoms with Crippen LogP contribution in [-0.4, -0.2) is 50.9 Å². The molecule has 4 heteroatoms. The van der Waals surface area contributed by atoms with Gasteiger partial charge < -0.3 is 19.3 Å². The highest BCUT2D eigenvalue weighted by Crippen LogP contribution is 2.04. The zero-order chi connectivity index (χ0) is 11.5. The van der Waals surface area contributed by atoms with E-state index in [1.54, 1.807) is 0 Å². The first kappa shape index (κ1) is 14.8. The molecule has 15 heavy (non-hydrogen) atoms. The number of ether oxygens (including phenoxy) is 3. The lowest BCUT2D eigenvalue weighted by Crippen LogP contribution is -2.19. The predicted molar refractivity (Wildman–Crippen MR) is 59.0 cm³/mol. The predicted octanol–water partition coefficient (Wildman–Crippen LogP) is 1.07. The first-order chi connectivity index (χ1) is 7.18. The van der Waals surface area contributed by atoms with Gasteiger partial charge in [-0.1, -0.05) is 13.8 Å². The van der Waals surface area contributed by atoms with Crippen molar-refractivity contribution < 1.29 is 19.3 Å². The molecule has 4 nitrogen and oxygen atoms in total. The number of aliphatic hydroxyl groups is 1. The van der Waals surface area contributed by atoms with E-state index in [1.165, 1.54) is 0 Å². The minimum absolute atomic E-state index is 0.0645. The minimum Gasteiger partial charge on any atom is -0.394 e. The van der Waals surface area contributed by atoms with Crippen LogP contribution in [0.5, 0.6) is 0 Å². The first-order valence-electron chi connectivity index (χ1n) is 5.56. The summed E-state index contributed by atoms with van der Waals surface area (Å²) in [6.07, 6.45) is 0.277. The van der Waals surface area contributed by atoms with Crippen molar-refractivity contribution in [2.75, 3.05) is 39.6 Å². The SMILES string of the molecule is CC(C)C(C)OCCOCCOCCO. The van der Waals surface area contributed by atoms with Gasteiger partial charge in [0.2, 0.25) is 0 Å². The third kappa shape index (κ3) is 10.1. The van der Waals surface area contributed by atoms with Gasteiger partial charge in [0, 0.05) is 0 Å². The summed E-state index contributed by atoms with van der Waals surface area (Å²) in [6, 6.07) is 0. The molecule has 0 aliphatic rings. The molecule has 1 N–H and O–H groups in total. The molecule has 0 bridgehead atoms. The number of hydrogen-bond acceptors (Lipinski definition) is 4. The highest BCUT2D eigenvalue weighted by molar-refractivity contribution is 4.53. The summed E-state index contributed by atoms with van der Waals surface area (Å²) in [5, 5.41) is 8.43. The first-order valence-corrected chi connectivity index (χ1v) is 5.56. The highest BCUT2D eigenvalue weighted by Gasteiger charge is 2.05. The van der Waals surface area contributed by atoms with Crippen LogP contribution >= 0.6 is 0 Å². The zero-order valence-corrected chi connectivity index (χ0v) is 10.1. The Bertz CT molecular complexity index is 128. The molecule has 0 aromatic heterocycles. The molecule has 0 rings (SSSR count). The van der Waals surface area contributed by atoms with Gasteiger partial charge in [-0.05, 0) is 12.8 Å². The summed E-state index contributed by atoms with van der Waals surface area (Å²) in [4.78, 5) is 0. The van der Waals surface area contributed by atoms with Crippen molar-refractivity contribution in [2.24, 2.45) is 5.92 Å². The van der Waals surface area contributed by atoms with Crippen LogP contribution < -0.4 is 0 Å². The molecule has 0 heterocycles. The summed E-state index contributed by atoms with van der Waals surface area (Å²) < 4.78 is 15.8. The van der Waals surface area contributed by atoms with Crippen LogP contribution in [0.25, 0.3) is 0 Å². The fraction of sp³-hybridized carbons (Fsp3) is 1.00. The van der Waals surface area contributed by atoms with Crippen LogP contribution in [0.4, 0.5) is 0 Å². The van der Waals surface area contributed by atoms with Gasteiger partial charge in [-0.3, -0.25) is 0 Å². The van der Waals surface area contributed by atoms with E-state index in [0.717, 1.165) is 0 Å². The Kier molecular flexibility index (Phi) is 10.3. The van der Waals surface area contributed by atoms with Crippen LogP contribution in [0.3, 0.4) is 0 Å². The van der Waals surface area contributed by atoms with Crippen LogP contribution in [-0.2, 0) is 14.2 Å². The minimum atomic E-state index is 0.0645. The average molecular weight is 220 g/mol. The maximum absolute atomic E-state index is 8.43. The van der Waals surface area contributed by atoms with E-state index in [4.69, 9.17) is 19.3 Å². The highest BCUT2D eigenvalue weighted by atomic mass is 16.5. The van der Waals surface area contributed by atoms with Crippen LogP contribution in [0.2, 0.25) is 0 Å². The molecule has 0 radical (unpaired) electrons. The third-order valence-electron chi connectivity index (χ3n) is 2.15. The van der Waals surface area contributed by atoms with Gasteiger partial charge in [-0.2, -0.15) is 0 Å². The van der Waals surface area contributed by atoms with Gasteiger partial charge in [0.25, 0.3) is 0 Å². The maximum atomic E-state index is 8.43. The van der Waals surface area contributed by atoms with E-state index in [-0.39, 0.29) is 12.7 Å². The number of rotatable bonds is 10. The normalized spacial score (nSPS) is 13.4. The Morgan fingerprint density at radius 2 is 1.40 bits per heavy atom. The van der Waals surface area contributed by atoms with E-state index in [0.29, 0.717) is 39.0 Å². The summed E-state index contributed by atoms with van der Waals surface area (Å²) in [5.74, 6) is 0.540. The summed E-state index contributed by atoms with van der Waals surface area (Å²) in [6.45, 7) is 9.08. The van der Waals surface area contributed by atoms with Gasteiger partial charge in [0.15, 0.2) is 0 Å². The van der Waals surface area contributed by atoms with E-state index in [2.05, 4.69) is 20.8 Å². The Hall–Kier alpha value is -0.160. The molecule has 1 unspecified atom stereocenters. The molecule has 0 saturated carbocycles. The smallest absolute Gasteiger partial charge is 0.0704 e. The third-order valence-corrected chi connectivity index (χ3v) is 2.15. The lowest BCUT2D eigenvalue weighted by Gasteiger charge is -2.16. The number of aliphatic hydroxyl groups excluding tert-OH is 1. The van der Waals surface area contributed by atoms with Crippen molar-refractivity contribution in [1.29, 1.82) is 0 Å². The second-order valence-corrected chi connectivity index (χ2v) is 3.77. The number of hydrogen-bond donors (Lipinski definition) is 1. The Balaban J connectivity index is 3.05. The Morgan fingerprint density at radius 1 is 0.867 bits per heavy atom. The molecule has 0 saturated heterocycles. The average Bonchev–Trinajstić information content (AvgIpc) is 2.21. The van der Waals surface area contributed by atoms with Gasteiger partial charge in [-0.25, -0.2) is 0 Å². The van der Waals surface area contributed by atoms with Crippen LogP contribution in [0.1, 0.15) is 20.8 Å². The van der Waals surface area contributed by atoms with E-state index >= 15 is 0 Å². The largest absolute Gasteiger partial charge is 0.394 e. The van der Waals surface area contributed by atoms with Gasteiger partial charge >= 0.3 is 0 Å². The molecule has 0 aliphatic carbocycles. The van der Waals surface area contributed by atoms with E-state index < -0.39 is 0 Å². The Labute approximate surface area is 92.5 Å². The van der Waals surface area contributed by atoms with Gasteiger partial charge in [-0.15, -0.1) is 0 Å². The maximum Gasteiger partial charge on any atom is 0.0704 e. The summed E-state index contributed by atoms with van der Waals surface area (Å²) >= 11 is 0. The molecule has 1 atom stereocenters. The second-order valence-electron chi connectivity index (χ2n) is 3.77. The van der Waals surface area contributed by atoms with Crippen LogP contribution in [0, 0.1) is 5.92 Å². The van der Waals surface area contributed by atoms with Crippen molar-refractivity contribution in [3.8, 4) is 0 Å². The van der Waals surface area contributed by atoms with E-state index in [9.17, 15) is 0 Å². The molecule has 0 spiro atoms. The molecule has 0 amide bonds. The fourth-order valence-corrected chi connectivity index (χ4v) is 0.872. The van der Waals surface area contributed by atoms with Crippen molar-refractivity contribution >= 4 is 0 Å². The molecule has 0 fully saturated rings. The molecule has 0 aromatic carbocycles. The quantitative estimate of drug-likeness (QED) is 0.560. The second kappa shape index (κ2) is 10.4. The van der Waals surface area contributed by atoms with Crippen molar-refractivity contribution in [3.63, 3.8) is 0 Å². The molecule has 92 valence electrons. The zero-order valence-electron chi connectivity index (χ0n) is 10.1. The lowest BCUT2D eigenvalue weighted by atomic mass is 10.1. The van der Waals surface area contributed by atoms with Crippen molar-refractivity contribution in [3.05, 3.63) is 0 Å².